The number of hydrogen-bond donors (Lipinski definition) is 0. The number of halogens is 1. The van der Waals surface area contributed by atoms with Gasteiger partial charge < -0.3 is 9.14 Å². The maximum atomic E-state index is 6.41. The smallest absolute Gasteiger partial charge is 0.140 e. The fourth-order valence-electron chi connectivity index (χ4n) is 3.24. The normalized spacial score (nSPS) is 11.4. The molecule has 1 aromatic carbocycles. The van der Waals surface area contributed by atoms with Crippen molar-refractivity contribution in [2.75, 3.05) is 7.11 Å². The number of fused-ring (bicyclic) bond motifs is 1. The molecule has 0 radical (unpaired) electrons. The van der Waals surface area contributed by atoms with Crippen LogP contribution < -0.4 is 4.74 Å². The minimum absolute atomic E-state index is 0.587. The summed E-state index contributed by atoms with van der Waals surface area (Å²) >= 11 is 6.41. The molecule has 0 N–H and O–H groups in total. The second kappa shape index (κ2) is 6.86. The molecule has 0 saturated heterocycles. The maximum absolute atomic E-state index is 6.41. The number of rotatable bonds is 5. The van der Waals surface area contributed by atoms with Gasteiger partial charge >= 0.3 is 0 Å². The zero-order chi connectivity index (χ0) is 17.3. The molecule has 0 amide bonds. The van der Waals surface area contributed by atoms with Crippen molar-refractivity contribution in [2.24, 2.45) is 0 Å². The van der Waals surface area contributed by atoms with Gasteiger partial charge in [-0.2, -0.15) is 0 Å². The van der Waals surface area contributed by atoms with Crippen LogP contribution in [-0.4, -0.2) is 16.5 Å². The van der Waals surface area contributed by atoms with Crippen LogP contribution in [0, 0.1) is 6.92 Å². The van der Waals surface area contributed by atoms with Gasteiger partial charge in [-0.3, -0.25) is 0 Å². The highest BCUT2D eigenvalue weighted by Gasteiger charge is 2.14. The van der Waals surface area contributed by atoms with Gasteiger partial charge in [-0.1, -0.05) is 31.5 Å². The Labute approximate surface area is 148 Å². The van der Waals surface area contributed by atoms with Crippen molar-refractivity contribution in [3.05, 3.63) is 52.8 Å². The van der Waals surface area contributed by atoms with Crippen LogP contribution in [-0.2, 0) is 0 Å². The molecule has 3 aromatic rings. The Morgan fingerprint density at radius 3 is 2.54 bits per heavy atom. The van der Waals surface area contributed by atoms with Crippen LogP contribution in [0.1, 0.15) is 43.7 Å². The highest BCUT2D eigenvalue weighted by atomic mass is 35.5. The van der Waals surface area contributed by atoms with Gasteiger partial charge in [0.05, 0.1) is 17.8 Å². The van der Waals surface area contributed by atoms with Crippen LogP contribution in [0.2, 0.25) is 5.02 Å². The van der Waals surface area contributed by atoms with E-state index < -0.39 is 0 Å². The Hall–Kier alpha value is -2.00. The van der Waals surface area contributed by atoms with Gasteiger partial charge in [0, 0.05) is 18.0 Å². The van der Waals surface area contributed by atoms with Gasteiger partial charge in [0.25, 0.3) is 0 Å². The third-order valence-corrected chi connectivity index (χ3v) is 4.98. The van der Waals surface area contributed by atoms with Crippen LogP contribution in [0.5, 0.6) is 5.75 Å². The number of hydrogen-bond acceptors (Lipinski definition) is 2. The van der Waals surface area contributed by atoms with Gasteiger partial charge in [0.1, 0.15) is 11.4 Å². The van der Waals surface area contributed by atoms with Gasteiger partial charge in [0.15, 0.2) is 0 Å². The number of nitrogens with zero attached hydrogens (tertiary/aromatic N) is 2. The summed E-state index contributed by atoms with van der Waals surface area (Å²) in [6, 6.07) is 7.95. The number of aryl methyl sites for hydroxylation is 1. The van der Waals surface area contributed by atoms with E-state index in [9.17, 15) is 0 Å². The summed E-state index contributed by atoms with van der Waals surface area (Å²) in [5.74, 6) is 1.34. The van der Waals surface area contributed by atoms with E-state index >= 15 is 0 Å². The van der Waals surface area contributed by atoms with Crippen molar-refractivity contribution in [2.45, 2.75) is 39.5 Å². The fraction of sp³-hybridized carbons (Fsp3) is 0.350. The van der Waals surface area contributed by atoms with Crippen molar-refractivity contribution in [1.29, 1.82) is 0 Å². The molecule has 2 heterocycles. The molecule has 3 nitrogen and oxygen atoms in total. The molecule has 2 aromatic heterocycles. The highest BCUT2D eigenvalue weighted by Crippen LogP contribution is 2.32. The first kappa shape index (κ1) is 16.8. The van der Waals surface area contributed by atoms with Crippen molar-refractivity contribution in [3.63, 3.8) is 0 Å². The molecule has 126 valence electrons. The summed E-state index contributed by atoms with van der Waals surface area (Å²) in [4.78, 5) is 4.79. The Balaban J connectivity index is 2.10. The standard InChI is InChI=1S/C20H23ClN2O/c1-5-14(6-2)15-9-13(3)20-22-19(12-23(20)11-15)17-8-7-16(24-4)10-18(17)21/h7-12,14H,5-6H2,1-4H3. The third kappa shape index (κ3) is 3.01. The van der Waals surface area contributed by atoms with Crippen LogP contribution in [0.4, 0.5) is 0 Å². The number of benzene rings is 1. The molecule has 0 spiro atoms. The summed E-state index contributed by atoms with van der Waals surface area (Å²) in [5, 5.41) is 0.649. The van der Waals surface area contributed by atoms with Crippen molar-refractivity contribution >= 4 is 17.2 Å². The lowest BCUT2D eigenvalue weighted by Crippen LogP contribution is -1.99. The number of pyridine rings is 1. The summed E-state index contributed by atoms with van der Waals surface area (Å²) in [6.45, 7) is 6.60. The van der Waals surface area contributed by atoms with Gasteiger partial charge in [-0.25, -0.2) is 4.98 Å². The van der Waals surface area contributed by atoms with E-state index in [1.165, 1.54) is 11.1 Å². The van der Waals surface area contributed by atoms with Gasteiger partial charge in [-0.05, 0) is 55.0 Å². The van der Waals surface area contributed by atoms with Crippen molar-refractivity contribution in [3.8, 4) is 17.0 Å². The first-order valence-electron chi connectivity index (χ1n) is 8.40. The van der Waals surface area contributed by atoms with Crippen LogP contribution in [0.25, 0.3) is 16.9 Å². The minimum atomic E-state index is 0.587. The summed E-state index contributed by atoms with van der Waals surface area (Å²) in [6.07, 6.45) is 6.55. The van der Waals surface area contributed by atoms with E-state index in [0.717, 1.165) is 35.5 Å². The zero-order valence-corrected chi connectivity index (χ0v) is 15.4. The molecule has 0 saturated carbocycles. The molecule has 0 bridgehead atoms. The van der Waals surface area contributed by atoms with E-state index in [4.69, 9.17) is 21.3 Å². The fourth-order valence-corrected chi connectivity index (χ4v) is 3.51. The monoisotopic (exact) mass is 342 g/mol. The lowest BCUT2D eigenvalue weighted by molar-refractivity contribution is 0.415. The largest absolute Gasteiger partial charge is 0.497 e. The summed E-state index contributed by atoms with van der Waals surface area (Å²) in [7, 11) is 1.64. The topological polar surface area (TPSA) is 26.5 Å². The van der Waals surface area contributed by atoms with Crippen LogP contribution >= 0.6 is 11.6 Å². The molecule has 0 aliphatic heterocycles. The van der Waals surface area contributed by atoms with E-state index in [-0.39, 0.29) is 0 Å². The molecule has 3 rings (SSSR count). The Kier molecular flexibility index (Phi) is 4.81. The molecule has 0 atom stereocenters. The molecule has 0 fully saturated rings. The zero-order valence-electron chi connectivity index (χ0n) is 14.6. The second-order valence-electron chi connectivity index (χ2n) is 6.17. The first-order valence-corrected chi connectivity index (χ1v) is 8.78. The number of ether oxygens (including phenoxy) is 1. The Bertz CT molecular complexity index is 865. The SMILES string of the molecule is CCC(CC)c1cc(C)c2nc(-c3ccc(OC)cc3Cl)cn2c1. The predicted octanol–water partition coefficient (Wildman–Crippen LogP) is 5.88. The molecule has 24 heavy (non-hydrogen) atoms. The van der Waals surface area contributed by atoms with Gasteiger partial charge in [-0.15, -0.1) is 0 Å². The first-order chi connectivity index (χ1) is 11.6. The van der Waals surface area contributed by atoms with E-state index in [0.29, 0.717) is 10.9 Å². The highest BCUT2D eigenvalue weighted by molar-refractivity contribution is 6.33. The van der Waals surface area contributed by atoms with E-state index in [1.807, 2.05) is 18.2 Å². The molecule has 0 unspecified atom stereocenters. The third-order valence-electron chi connectivity index (χ3n) is 4.67. The van der Waals surface area contributed by atoms with E-state index in [2.05, 4.69) is 43.6 Å². The van der Waals surface area contributed by atoms with Crippen molar-refractivity contribution < 1.29 is 4.74 Å². The maximum Gasteiger partial charge on any atom is 0.140 e. The lowest BCUT2D eigenvalue weighted by Gasteiger charge is -2.14. The van der Waals surface area contributed by atoms with Crippen LogP contribution in [0.15, 0.2) is 36.7 Å². The predicted molar refractivity (Wildman–Crippen MR) is 100 cm³/mol. The number of aromatic nitrogens is 2. The Morgan fingerprint density at radius 1 is 1.17 bits per heavy atom. The average molecular weight is 343 g/mol. The van der Waals surface area contributed by atoms with E-state index in [1.54, 1.807) is 7.11 Å². The molecule has 0 aliphatic carbocycles. The Morgan fingerprint density at radius 2 is 1.92 bits per heavy atom. The van der Waals surface area contributed by atoms with Crippen LogP contribution in [0.3, 0.4) is 0 Å². The molecule has 0 aliphatic rings. The summed E-state index contributed by atoms with van der Waals surface area (Å²) in [5.41, 5.74) is 5.34. The molecule has 4 heteroatoms. The minimum Gasteiger partial charge on any atom is -0.497 e. The number of methoxy groups -OCH3 is 1. The average Bonchev–Trinajstić information content (AvgIpc) is 3.00. The lowest BCUT2D eigenvalue weighted by atomic mass is 9.94. The summed E-state index contributed by atoms with van der Waals surface area (Å²) < 4.78 is 7.34. The second-order valence-corrected chi connectivity index (χ2v) is 6.58. The molecular formula is C20H23ClN2O. The molecular weight excluding hydrogens is 320 g/mol. The quantitative estimate of drug-likeness (QED) is 0.579. The van der Waals surface area contributed by atoms with Gasteiger partial charge in [0.2, 0.25) is 0 Å². The number of imidazole rings is 1. The van der Waals surface area contributed by atoms with Crippen molar-refractivity contribution in [1.82, 2.24) is 9.38 Å².